The number of thiocarbonyl (C=S) groups is 1. The van der Waals surface area contributed by atoms with Crippen molar-refractivity contribution >= 4 is 40.6 Å². The highest BCUT2D eigenvalue weighted by molar-refractivity contribution is 7.80. The molecule has 2 aromatic rings. The van der Waals surface area contributed by atoms with Gasteiger partial charge in [-0.3, -0.25) is 0 Å². The van der Waals surface area contributed by atoms with Gasteiger partial charge in [-0.2, -0.15) is 0 Å². The molecule has 0 bridgehead atoms. The molecule has 0 saturated heterocycles. The fraction of sp³-hybridized carbons (Fsp3) is 0.167. The molecule has 2 N–H and O–H groups in total. The largest absolute Gasteiger partial charge is 0.495 e. The van der Waals surface area contributed by atoms with E-state index in [9.17, 15) is 9.59 Å². The van der Waals surface area contributed by atoms with Crippen LogP contribution in [-0.4, -0.2) is 38.4 Å². The lowest BCUT2D eigenvalue weighted by molar-refractivity contribution is 0.0587. The first-order valence-corrected chi connectivity index (χ1v) is 7.92. The van der Waals surface area contributed by atoms with Crippen LogP contribution in [0.2, 0.25) is 0 Å². The Labute approximate surface area is 156 Å². The molecule has 0 fully saturated rings. The van der Waals surface area contributed by atoms with Gasteiger partial charge in [0, 0.05) is 0 Å². The normalized spacial score (nSPS) is 9.81. The molecule has 0 unspecified atom stereocenters. The average molecular weight is 374 g/mol. The zero-order valence-electron chi connectivity index (χ0n) is 14.5. The topological polar surface area (TPSA) is 85.9 Å². The molecule has 8 heteroatoms. The molecule has 26 heavy (non-hydrogen) atoms. The Kier molecular flexibility index (Phi) is 6.51. The van der Waals surface area contributed by atoms with Gasteiger partial charge in [-0.1, -0.05) is 12.1 Å². The second-order valence-corrected chi connectivity index (χ2v) is 5.43. The number of hydrogen-bond donors (Lipinski definition) is 2. The smallest absolute Gasteiger partial charge is 0.339 e. The number of carbonyl (C=O) groups excluding carboxylic acids is 2. The number of para-hydroxylation sites is 2. The summed E-state index contributed by atoms with van der Waals surface area (Å²) in [6.07, 6.45) is 0. The van der Waals surface area contributed by atoms with Crippen molar-refractivity contribution in [3.05, 3.63) is 53.6 Å². The summed E-state index contributed by atoms with van der Waals surface area (Å²) in [5.41, 5.74) is 1.45. The molecular formula is C18H18N2O5S. The van der Waals surface area contributed by atoms with Gasteiger partial charge in [-0.05, 0) is 42.5 Å². The molecule has 0 spiro atoms. The predicted molar refractivity (Wildman–Crippen MR) is 102 cm³/mol. The number of rotatable bonds is 5. The maximum atomic E-state index is 12.0. The lowest BCUT2D eigenvalue weighted by Gasteiger charge is -2.15. The van der Waals surface area contributed by atoms with Gasteiger partial charge in [0.05, 0.1) is 43.8 Å². The first kappa shape index (κ1) is 19.2. The second-order valence-electron chi connectivity index (χ2n) is 5.02. The van der Waals surface area contributed by atoms with Crippen molar-refractivity contribution in [2.45, 2.75) is 0 Å². The summed E-state index contributed by atoms with van der Waals surface area (Å²) in [4.78, 5) is 23.7. The van der Waals surface area contributed by atoms with Crippen LogP contribution in [0.15, 0.2) is 42.5 Å². The van der Waals surface area contributed by atoms with Gasteiger partial charge < -0.3 is 24.8 Å². The van der Waals surface area contributed by atoms with Gasteiger partial charge in [0.2, 0.25) is 0 Å². The Hall–Kier alpha value is -3.13. The van der Waals surface area contributed by atoms with Crippen LogP contribution < -0.4 is 15.4 Å². The third-order valence-corrected chi connectivity index (χ3v) is 3.65. The second kappa shape index (κ2) is 8.82. The van der Waals surface area contributed by atoms with Gasteiger partial charge in [0.25, 0.3) is 0 Å². The van der Waals surface area contributed by atoms with Crippen molar-refractivity contribution < 1.29 is 23.8 Å². The molecule has 0 saturated carbocycles. The predicted octanol–water partition coefficient (Wildman–Crippen LogP) is 3.08. The molecule has 0 aromatic heterocycles. The van der Waals surface area contributed by atoms with Gasteiger partial charge in [0.1, 0.15) is 5.75 Å². The number of hydrogen-bond acceptors (Lipinski definition) is 6. The van der Waals surface area contributed by atoms with Crippen molar-refractivity contribution in [3.8, 4) is 5.75 Å². The fourth-order valence-electron chi connectivity index (χ4n) is 2.20. The molecule has 0 amide bonds. The van der Waals surface area contributed by atoms with E-state index >= 15 is 0 Å². The van der Waals surface area contributed by atoms with Crippen LogP contribution >= 0.6 is 12.2 Å². The Morgan fingerprint density at radius 3 is 2.19 bits per heavy atom. The van der Waals surface area contributed by atoms with E-state index < -0.39 is 11.9 Å². The maximum Gasteiger partial charge on any atom is 0.339 e. The van der Waals surface area contributed by atoms with Crippen molar-refractivity contribution in [3.63, 3.8) is 0 Å². The highest BCUT2D eigenvalue weighted by Gasteiger charge is 2.16. The van der Waals surface area contributed by atoms with Crippen molar-refractivity contribution in [1.82, 2.24) is 0 Å². The minimum atomic E-state index is -0.566. The first-order chi connectivity index (χ1) is 12.5. The third kappa shape index (κ3) is 4.48. The van der Waals surface area contributed by atoms with E-state index in [0.717, 1.165) is 0 Å². The monoisotopic (exact) mass is 374 g/mol. The van der Waals surface area contributed by atoms with Gasteiger partial charge >= 0.3 is 11.9 Å². The molecule has 2 rings (SSSR count). The number of nitrogens with one attached hydrogen (secondary N) is 2. The van der Waals surface area contributed by atoms with Crippen LogP contribution in [0.1, 0.15) is 20.7 Å². The molecular weight excluding hydrogens is 356 g/mol. The van der Waals surface area contributed by atoms with E-state index in [1.165, 1.54) is 32.4 Å². The van der Waals surface area contributed by atoms with E-state index in [1.807, 2.05) is 12.1 Å². The number of benzene rings is 2. The minimum absolute atomic E-state index is 0.210. The quantitative estimate of drug-likeness (QED) is 0.610. The SMILES string of the molecule is COC(=O)c1ccc(C(=O)OC)c(NC(=S)Nc2ccccc2OC)c1. The number of anilines is 2. The number of carbonyl (C=O) groups is 2. The highest BCUT2D eigenvalue weighted by Crippen LogP contribution is 2.24. The molecule has 0 aliphatic rings. The highest BCUT2D eigenvalue weighted by atomic mass is 32.1. The van der Waals surface area contributed by atoms with Crippen LogP contribution in [0.5, 0.6) is 5.75 Å². The first-order valence-electron chi connectivity index (χ1n) is 7.51. The van der Waals surface area contributed by atoms with E-state index in [2.05, 4.69) is 10.6 Å². The summed E-state index contributed by atoms with van der Waals surface area (Å²) in [5, 5.41) is 6.09. The zero-order valence-corrected chi connectivity index (χ0v) is 15.3. The fourth-order valence-corrected chi connectivity index (χ4v) is 2.42. The van der Waals surface area contributed by atoms with Crippen LogP contribution in [0.4, 0.5) is 11.4 Å². The Morgan fingerprint density at radius 1 is 0.885 bits per heavy atom. The van der Waals surface area contributed by atoms with Gasteiger partial charge in [0.15, 0.2) is 5.11 Å². The molecule has 0 aliphatic heterocycles. The molecule has 0 radical (unpaired) electrons. The van der Waals surface area contributed by atoms with Gasteiger partial charge in [-0.25, -0.2) is 9.59 Å². The van der Waals surface area contributed by atoms with E-state index in [0.29, 0.717) is 17.1 Å². The van der Waals surface area contributed by atoms with Crippen molar-refractivity contribution in [2.75, 3.05) is 32.0 Å². The summed E-state index contributed by atoms with van der Waals surface area (Å²) < 4.78 is 14.7. The molecule has 0 atom stereocenters. The third-order valence-electron chi connectivity index (χ3n) is 3.45. The molecule has 0 aliphatic carbocycles. The number of ether oxygens (including phenoxy) is 3. The Bertz CT molecular complexity index is 838. The Morgan fingerprint density at radius 2 is 1.54 bits per heavy atom. The van der Waals surface area contributed by atoms with E-state index in [-0.39, 0.29) is 16.2 Å². The van der Waals surface area contributed by atoms with E-state index in [4.69, 9.17) is 26.4 Å². The molecule has 136 valence electrons. The summed E-state index contributed by atoms with van der Waals surface area (Å²) in [7, 11) is 4.09. The average Bonchev–Trinajstić information content (AvgIpc) is 2.67. The lowest BCUT2D eigenvalue weighted by atomic mass is 10.1. The summed E-state index contributed by atoms with van der Waals surface area (Å²) >= 11 is 5.30. The summed E-state index contributed by atoms with van der Waals surface area (Å²) in [6.45, 7) is 0. The zero-order chi connectivity index (χ0) is 19.1. The summed E-state index contributed by atoms with van der Waals surface area (Å²) in [6, 6.07) is 11.6. The molecule has 7 nitrogen and oxygen atoms in total. The number of methoxy groups -OCH3 is 3. The van der Waals surface area contributed by atoms with Crippen molar-refractivity contribution in [1.29, 1.82) is 0 Å². The maximum absolute atomic E-state index is 12.0. The van der Waals surface area contributed by atoms with Crippen LogP contribution in [0.25, 0.3) is 0 Å². The molecule has 0 heterocycles. The van der Waals surface area contributed by atoms with Crippen molar-refractivity contribution in [2.24, 2.45) is 0 Å². The lowest BCUT2D eigenvalue weighted by Crippen LogP contribution is -2.21. The number of esters is 2. The standard InChI is InChI=1S/C18H18N2O5S/c1-23-15-7-5-4-6-13(15)19-18(26)20-14-10-11(16(21)24-2)8-9-12(14)17(22)25-3/h4-10H,1-3H3,(H2,19,20,26). The van der Waals surface area contributed by atoms with Gasteiger partial charge in [-0.15, -0.1) is 0 Å². The Balaban J connectivity index is 2.29. The van der Waals surface area contributed by atoms with Crippen LogP contribution in [-0.2, 0) is 9.47 Å². The van der Waals surface area contributed by atoms with Crippen LogP contribution in [0, 0.1) is 0 Å². The van der Waals surface area contributed by atoms with Crippen LogP contribution in [0.3, 0.4) is 0 Å². The van der Waals surface area contributed by atoms with E-state index in [1.54, 1.807) is 19.2 Å². The summed E-state index contributed by atoms with van der Waals surface area (Å²) in [5.74, 6) is -0.495. The molecule has 2 aromatic carbocycles. The minimum Gasteiger partial charge on any atom is -0.495 e.